The van der Waals surface area contributed by atoms with Gasteiger partial charge in [0.1, 0.15) is 0 Å². The van der Waals surface area contributed by atoms with Crippen molar-refractivity contribution in [3.63, 3.8) is 0 Å². The first-order valence-electron chi connectivity index (χ1n) is 7.17. The Balaban J connectivity index is 4.53. The number of hydrogen-bond acceptors (Lipinski definition) is 1. The maximum Gasteiger partial charge on any atom is 0.219 e. The number of hydrogen-bond donors (Lipinski definition) is 0. The predicted molar refractivity (Wildman–Crippen MR) is 75.0 cm³/mol. The largest absolute Gasteiger partial charge is 0.340 e. The second-order valence-electron chi connectivity index (χ2n) is 5.86. The van der Waals surface area contributed by atoms with Crippen LogP contribution in [0.2, 0.25) is 0 Å². The number of rotatable bonds is 8. The minimum absolute atomic E-state index is 0.237. The van der Waals surface area contributed by atoms with Gasteiger partial charge in [0.2, 0.25) is 5.91 Å². The van der Waals surface area contributed by atoms with Gasteiger partial charge in [0.05, 0.1) is 0 Å². The van der Waals surface area contributed by atoms with Gasteiger partial charge in [0.15, 0.2) is 0 Å². The molecule has 1 amide bonds. The fourth-order valence-corrected chi connectivity index (χ4v) is 2.33. The zero-order valence-corrected chi connectivity index (χ0v) is 12.6. The normalized spacial score (nSPS) is 13.2. The zero-order valence-electron chi connectivity index (χ0n) is 12.6. The van der Waals surface area contributed by atoms with E-state index in [-0.39, 0.29) is 5.91 Å². The molecule has 0 heterocycles. The Morgan fingerprint density at radius 2 is 1.71 bits per heavy atom. The van der Waals surface area contributed by atoms with Crippen LogP contribution in [0.1, 0.15) is 67.2 Å². The summed E-state index contributed by atoms with van der Waals surface area (Å²) in [5.41, 5.74) is 0. The minimum Gasteiger partial charge on any atom is -0.340 e. The summed E-state index contributed by atoms with van der Waals surface area (Å²) in [5, 5.41) is 0. The molecule has 0 fully saturated rings. The lowest BCUT2D eigenvalue weighted by atomic mass is 9.92. The molecule has 2 heteroatoms. The molecule has 0 aromatic heterocycles. The van der Waals surface area contributed by atoms with E-state index in [2.05, 4.69) is 39.5 Å². The van der Waals surface area contributed by atoms with Crippen molar-refractivity contribution in [2.75, 3.05) is 6.54 Å². The maximum atomic E-state index is 11.8. The van der Waals surface area contributed by atoms with E-state index in [9.17, 15) is 4.79 Å². The van der Waals surface area contributed by atoms with E-state index in [1.165, 1.54) is 12.8 Å². The number of carbonyl (C=O) groups excluding carboxylic acids is 1. The molecular weight excluding hydrogens is 210 g/mol. The summed E-state index contributed by atoms with van der Waals surface area (Å²) in [5.74, 6) is 1.43. The van der Waals surface area contributed by atoms with Crippen molar-refractivity contribution in [2.24, 2.45) is 11.8 Å². The van der Waals surface area contributed by atoms with Gasteiger partial charge in [0, 0.05) is 19.5 Å². The van der Waals surface area contributed by atoms with E-state index in [0.29, 0.717) is 17.9 Å². The highest BCUT2D eigenvalue weighted by Crippen LogP contribution is 2.20. The summed E-state index contributed by atoms with van der Waals surface area (Å²) in [4.78, 5) is 13.9. The van der Waals surface area contributed by atoms with Crippen LogP contribution < -0.4 is 0 Å². The van der Waals surface area contributed by atoms with Crippen LogP contribution in [0.4, 0.5) is 0 Å². The van der Waals surface area contributed by atoms with Crippen LogP contribution in [0.15, 0.2) is 0 Å². The molecule has 0 aromatic rings. The molecule has 0 aliphatic rings. The molecule has 102 valence electrons. The summed E-state index contributed by atoms with van der Waals surface area (Å²) in [7, 11) is 0. The summed E-state index contributed by atoms with van der Waals surface area (Å²) >= 11 is 0. The molecule has 0 radical (unpaired) electrons. The second-order valence-corrected chi connectivity index (χ2v) is 5.86. The Morgan fingerprint density at radius 1 is 1.12 bits per heavy atom. The molecule has 0 rings (SSSR count). The Hall–Kier alpha value is -0.530. The molecule has 0 saturated carbocycles. The van der Waals surface area contributed by atoms with Crippen LogP contribution in [-0.2, 0) is 4.79 Å². The summed E-state index contributed by atoms with van der Waals surface area (Å²) in [6.07, 6.45) is 4.68. The van der Waals surface area contributed by atoms with Gasteiger partial charge in [-0.15, -0.1) is 0 Å². The lowest BCUT2D eigenvalue weighted by molar-refractivity contribution is -0.132. The van der Waals surface area contributed by atoms with E-state index >= 15 is 0 Å². The summed E-state index contributed by atoms with van der Waals surface area (Å²) in [6.45, 7) is 13.8. The standard InChI is InChI=1S/C15H31NO/c1-7-8-9-10-16(14(6)17)15(13(4)5)11-12(2)3/h12-13,15H,7-11H2,1-6H3. The van der Waals surface area contributed by atoms with Gasteiger partial charge < -0.3 is 4.90 Å². The Bertz CT molecular complexity index is 211. The van der Waals surface area contributed by atoms with Crippen LogP contribution in [0.3, 0.4) is 0 Å². The number of carbonyl (C=O) groups is 1. The van der Waals surface area contributed by atoms with Gasteiger partial charge in [0.25, 0.3) is 0 Å². The van der Waals surface area contributed by atoms with Crippen LogP contribution in [0.5, 0.6) is 0 Å². The van der Waals surface area contributed by atoms with Gasteiger partial charge in [-0.2, -0.15) is 0 Å². The molecule has 0 aliphatic heterocycles. The van der Waals surface area contributed by atoms with Crippen molar-refractivity contribution in [3.05, 3.63) is 0 Å². The Morgan fingerprint density at radius 3 is 2.06 bits per heavy atom. The fraction of sp³-hybridized carbons (Fsp3) is 0.933. The topological polar surface area (TPSA) is 20.3 Å². The SMILES string of the molecule is CCCCCN(C(C)=O)C(CC(C)C)C(C)C. The smallest absolute Gasteiger partial charge is 0.219 e. The molecule has 0 aromatic carbocycles. The average Bonchev–Trinajstić information content (AvgIpc) is 2.20. The molecule has 17 heavy (non-hydrogen) atoms. The maximum absolute atomic E-state index is 11.8. The molecule has 0 spiro atoms. The highest BCUT2D eigenvalue weighted by Gasteiger charge is 2.24. The lowest BCUT2D eigenvalue weighted by Crippen LogP contribution is -2.43. The first-order chi connectivity index (χ1) is 7.90. The van der Waals surface area contributed by atoms with Gasteiger partial charge in [-0.3, -0.25) is 4.79 Å². The van der Waals surface area contributed by atoms with Crippen molar-refractivity contribution >= 4 is 5.91 Å². The highest BCUT2D eigenvalue weighted by molar-refractivity contribution is 5.73. The van der Waals surface area contributed by atoms with Crippen molar-refractivity contribution in [1.82, 2.24) is 4.90 Å². The molecule has 1 unspecified atom stereocenters. The third-order valence-corrected chi connectivity index (χ3v) is 3.29. The average molecular weight is 241 g/mol. The highest BCUT2D eigenvalue weighted by atomic mass is 16.2. The van der Waals surface area contributed by atoms with Crippen molar-refractivity contribution in [3.8, 4) is 0 Å². The first kappa shape index (κ1) is 16.5. The third-order valence-electron chi connectivity index (χ3n) is 3.29. The molecule has 0 saturated heterocycles. The van der Waals surface area contributed by atoms with Gasteiger partial charge in [-0.25, -0.2) is 0 Å². The molecule has 0 bridgehead atoms. The molecule has 2 nitrogen and oxygen atoms in total. The number of unbranched alkanes of at least 4 members (excludes halogenated alkanes) is 2. The van der Waals surface area contributed by atoms with Crippen molar-refractivity contribution in [1.29, 1.82) is 0 Å². The second kappa shape index (κ2) is 8.54. The van der Waals surface area contributed by atoms with Crippen molar-refractivity contribution in [2.45, 2.75) is 73.3 Å². The van der Waals surface area contributed by atoms with Crippen LogP contribution in [0.25, 0.3) is 0 Å². The van der Waals surface area contributed by atoms with Gasteiger partial charge in [-0.1, -0.05) is 47.5 Å². The Labute approximate surface area is 108 Å². The summed E-state index contributed by atoms with van der Waals surface area (Å²) < 4.78 is 0. The quantitative estimate of drug-likeness (QED) is 0.586. The van der Waals surface area contributed by atoms with Gasteiger partial charge in [-0.05, 0) is 24.7 Å². The number of amides is 1. The predicted octanol–water partition coefficient (Wildman–Crippen LogP) is 4.10. The van der Waals surface area contributed by atoms with Crippen molar-refractivity contribution < 1.29 is 4.79 Å². The molecular formula is C15H31NO. The Kier molecular flexibility index (Phi) is 8.28. The monoisotopic (exact) mass is 241 g/mol. The van der Waals surface area contributed by atoms with E-state index in [1.54, 1.807) is 6.92 Å². The molecule has 1 atom stereocenters. The van der Waals surface area contributed by atoms with E-state index in [0.717, 1.165) is 19.4 Å². The van der Waals surface area contributed by atoms with E-state index < -0.39 is 0 Å². The van der Waals surface area contributed by atoms with Crippen LogP contribution in [0, 0.1) is 11.8 Å². The summed E-state index contributed by atoms with van der Waals surface area (Å²) in [6, 6.07) is 0.407. The van der Waals surface area contributed by atoms with E-state index in [1.807, 2.05) is 0 Å². The minimum atomic E-state index is 0.237. The van der Waals surface area contributed by atoms with E-state index in [4.69, 9.17) is 0 Å². The third kappa shape index (κ3) is 6.70. The lowest BCUT2D eigenvalue weighted by Gasteiger charge is -2.35. The first-order valence-corrected chi connectivity index (χ1v) is 7.17. The van der Waals surface area contributed by atoms with Crippen LogP contribution >= 0.6 is 0 Å². The molecule has 0 N–H and O–H groups in total. The van der Waals surface area contributed by atoms with Gasteiger partial charge >= 0.3 is 0 Å². The molecule has 0 aliphatic carbocycles. The fourth-order valence-electron chi connectivity index (χ4n) is 2.33. The van der Waals surface area contributed by atoms with Crippen LogP contribution in [-0.4, -0.2) is 23.4 Å². The number of nitrogens with zero attached hydrogens (tertiary/aromatic N) is 1. The zero-order chi connectivity index (χ0) is 13.4.